The molecule has 0 radical (unpaired) electrons. The molecule has 0 amide bonds. The Hall–Kier alpha value is -1.84. The molecule has 2 rings (SSSR count). The molecule has 0 unspecified atom stereocenters. The third-order valence-corrected chi connectivity index (χ3v) is 4.09. The fraction of sp³-hybridized carbons (Fsp3) is 0.364. The number of carboxylic acids is 1. The van der Waals surface area contributed by atoms with Crippen molar-refractivity contribution in [3.63, 3.8) is 0 Å². The minimum absolute atomic E-state index is 0.0355. The molecule has 0 spiro atoms. The van der Waals surface area contributed by atoms with Crippen molar-refractivity contribution < 1.29 is 32.9 Å². The second kappa shape index (κ2) is 5.65. The lowest BCUT2D eigenvalue weighted by molar-refractivity contribution is -0.139. The summed E-state index contributed by atoms with van der Waals surface area (Å²) in [5.74, 6) is -1.17. The highest BCUT2D eigenvalue weighted by Gasteiger charge is 2.29. The van der Waals surface area contributed by atoms with Crippen molar-refractivity contribution in [2.24, 2.45) is 0 Å². The summed E-state index contributed by atoms with van der Waals surface area (Å²) in [5.41, 5.74) is 0. The first-order valence-electron chi connectivity index (χ1n) is 5.70. The predicted molar refractivity (Wildman–Crippen MR) is 66.3 cm³/mol. The molecular formula is C11H13NO7S. The van der Waals surface area contributed by atoms with Crippen molar-refractivity contribution in [3.8, 4) is 11.5 Å². The number of carboxylic acid groups (broad SMARTS) is 1. The first kappa shape index (κ1) is 14.6. The van der Waals surface area contributed by atoms with Gasteiger partial charge in [0.15, 0.2) is 11.5 Å². The first-order chi connectivity index (χ1) is 9.45. The summed E-state index contributed by atoms with van der Waals surface area (Å²) < 4.78 is 36.7. The molecule has 1 aromatic rings. The highest BCUT2D eigenvalue weighted by atomic mass is 32.2. The lowest BCUT2D eigenvalue weighted by Crippen LogP contribution is -2.43. The largest absolute Gasteiger partial charge is 0.486 e. The van der Waals surface area contributed by atoms with Crippen molar-refractivity contribution in [3.05, 3.63) is 18.2 Å². The van der Waals surface area contributed by atoms with Gasteiger partial charge in [0.2, 0.25) is 10.0 Å². The van der Waals surface area contributed by atoms with E-state index in [-0.39, 0.29) is 23.0 Å². The smallest absolute Gasteiger partial charge is 0.324 e. The summed E-state index contributed by atoms with van der Waals surface area (Å²) >= 11 is 0. The monoisotopic (exact) mass is 303 g/mol. The molecule has 3 N–H and O–H groups in total. The van der Waals surface area contributed by atoms with Gasteiger partial charge >= 0.3 is 5.97 Å². The molecule has 0 fully saturated rings. The summed E-state index contributed by atoms with van der Waals surface area (Å²) in [4.78, 5) is 10.6. The Bertz CT molecular complexity index is 613. The molecule has 0 aliphatic carbocycles. The quantitative estimate of drug-likeness (QED) is 0.649. The number of hydrogen-bond donors (Lipinski definition) is 3. The van der Waals surface area contributed by atoms with Crippen LogP contribution in [0.25, 0.3) is 0 Å². The molecule has 110 valence electrons. The molecule has 1 aliphatic rings. The average Bonchev–Trinajstić information content (AvgIpc) is 2.43. The van der Waals surface area contributed by atoms with Crippen LogP contribution >= 0.6 is 0 Å². The summed E-state index contributed by atoms with van der Waals surface area (Å²) in [5, 5.41) is 17.7. The maximum atomic E-state index is 12.2. The van der Waals surface area contributed by atoms with Crippen LogP contribution in [-0.4, -0.2) is 50.5 Å². The van der Waals surface area contributed by atoms with Gasteiger partial charge < -0.3 is 19.7 Å². The number of para-hydroxylation sites is 1. The maximum Gasteiger partial charge on any atom is 0.324 e. The Kier molecular flexibility index (Phi) is 4.12. The zero-order valence-electron chi connectivity index (χ0n) is 10.3. The number of ether oxygens (including phenoxy) is 2. The van der Waals surface area contributed by atoms with E-state index in [4.69, 9.17) is 19.7 Å². The Morgan fingerprint density at radius 2 is 2.05 bits per heavy atom. The van der Waals surface area contributed by atoms with Crippen LogP contribution in [0.3, 0.4) is 0 Å². The van der Waals surface area contributed by atoms with Gasteiger partial charge in [0.25, 0.3) is 0 Å². The van der Waals surface area contributed by atoms with Crippen molar-refractivity contribution >= 4 is 16.0 Å². The van der Waals surface area contributed by atoms with Crippen LogP contribution in [0.1, 0.15) is 0 Å². The normalized spacial score (nSPS) is 15.7. The summed E-state index contributed by atoms with van der Waals surface area (Å²) in [6.07, 6.45) is 0. The molecule has 20 heavy (non-hydrogen) atoms. The molecule has 1 atom stereocenters. The van der Waals surface area contributed by atoms with Crippen LogP contribution in [0.2, 0.25) is 0 Å². The van der Waals surface area contributed by atoms with Crippen LogP contribution in [-0.2, 0) is 14.8 Å². The first-order valence-corrected chi connectivity index (χ1v) is 7.18. The van der Waals surface area contributed by atoms with Gasteiger partial charge in [-0.3, -0.25) is 4.79 Å². The number of aliphatic hydroxyl groups is 1. The number of fused-ring (bicyclic) bond motifs is 1. The molecule has 1 aliphatic heterocycles. The number of nitrogens with one attached hydrogen (secondary N) is 1. The summed E-state index contributed by atoms with van der Waals surface area (Å²) in [7, 11) is -4.15. The van der Waals surface area contributed by atoms with Crippen LogP contribution in [0, 0.1) is 0 Å². The Balaban J connectivity index is 2.37. The van der Waals surface area contributed by atoms with Gasteiger partial charge in [-0.2, -0.15) is 4.72 Å². The number of aliphatic carboxylic acids is 1. The van der Waals surface area contributed by atoms with Crippen LogP contribution in [0.4, 0.5) is 0 Å². The van der Waals surface area contributed by atoms with Crippen molar-refractivity contribution in [1.29, 1.82) is 0 Å². The van der Waals surface area contributed by atoms with E-state index in [1.165, 1.54) is 12.1 Å². The molecule has 8 nitrogen and oxygen atoms in total. The van der Waals surface area contributed by atoms with Gasteiger partial charge in [-0.15, -0.1) is 0 Å². The van der Waals surface area contributed by atoms with Crippen molar-refractivity contribution in [1.82, 2.24) is 4.72 Å². The van der Waals surface area contributed by atoms with E-state index in [2.05, 4.69) is 0 Å². The number of hydrogen-bond acceptors (Lipinski definition) is 6. The van der Waals surface area contributed by atoms with Crippen LogP contribution in [0.15, 0.2) is 23.1 Å². The number of benzene rings is 1. The Labute approximate surface area is 115 Å². The van der Waals surface area contributed by atoms with Crippen LogP contribution < -0.4 is 14.2 Å². The van der Waals surface area contributed by atoms with E-state index < -0.39 is 28.6 Å². The number of aliphatic hydroxyl groups excluding tert-OH is 1. The highest BCUT2D eigenvalue weighted by molar-refractivity contribution is 7.89. The topological polar surface area (TPSA) is 122 Å². The minimum Gasteiger partial charge on any atom is -0.486 e. The van der Waals surface area contributed by atoms with Gasteiger partial charge in [0.1, 0.15) is 24.2 Å². The molecular weight excluding hydrogens is 290 g/mol. The van der Waals surface area contributed by atoms with Gasteiger partial charge in [0, 0.05) is 0 Å². The molecule has 1 heterocycles. The van der Waals surface area contributed by atoms with E-state index in [0.717, 1.165) is 0 Å². The minimum atomic E-state index is -4.15. The van der Waals surface area contributed by atoms with E-state index in [0.29, 0.717) is 6.61 Å². The van der Waals surface area contributed by atoms with Crippen molar-refractivity contribution in [2.75, 3.05) is 19.8 Å². The number of carbonyl (C=O) groups is 1. The second-order valence-electron chi connectivity index (χ2n) is 3.98. The fourth-order valence-electron chi connectivity index (χ4n) is 1.68. The lowest BCUT2D eigenvalue weighted by atomic mass is 10.3. The SMILES string of the molecule is O=C(O)[C@@H](CO)NS(=O)(=O)c1cccc2c1OCCO2. The zero-order valence-corrected chi connectivity index (χ0v) is 11.1. The van der Waals surface area contributed by atoms with Gasteiger partial charge in [-0.25, -0.2) is 8.42 Å². The van der Waals surface area contributed by atoms with Crippen LogP contribution in [0.5, 0.6) is 11.5 Å². The lowest BCUT2D eigenvalue weighted by Gasteiger charge is -2.21. The second-order valence-corrected chi connectivity index (χ2v) is 5.66. The third kappa shape index (κ3) is 2.84. The summed E-state index contributed by atoms with van der Waals surface area (Å²) in [6.45, 7) is -0.360. The van der Waals surface area contributed by atoms with E-state index >= 15 is 0 Å². The molecule has 1 aromatic carbocycles. The third-order valence-electron chi connectivity index (χ3n) is 2.60. The van der Waals surface area contributed by atoms with E-state index in [9.17, 15) is 13.2 Å². The molecule has 0 saturated heterocycles. The molecule has 9 heteroatoms. The number of sulfonamides is 1. The molecule has 0 saturated carbocycles. The maximum absolute atomic E-state index is 12.2. The standard InChI is InChI=1S/C11H13NO7S/c13-6-7(11(14)15)12-20(16,17)9-3-1-2-8-10(9)19-5-4-18-8/h1-3,7,12-13H,4-6H2,(H,14,15)/t7-/m1/s1. The molecule has 0 bridgehead atoms. The number of rotatable bonds is 5. The van der Waals surface area contributed by atoms with Crippen molar-refractivity contribution in [2.45, 2.75) is 10.9 Å². The Morgan fingerprint density at radius 1 is 1.35 bits per heavy atom. The van der Waals surface area contributed by atoms with Gasteiger partial charge in [-0.05, 0) is 12.1 Å². The fourth-order valence-corrected chi connectivity index (χ4v) is 3.01. The average molecular weight is 303 g/mol. The van der Waals surface area contributed by atoms with Gasteiger partial charge in [-0.1, -0.05) is 6.07 Å². The van der Waals surface area contributed by atoms with Gasteiger partial charge in [0.05, 0.1) is 6.61 Å². The van der Waals surface area contributed by atoms with E-state index in [1.807, 2.05) is 4.72 Å². The highest BCUT2D eigenvalue weighted by Crippen LogP contribution is 2.36. The summed E-state index contributed by atoms with van der Waals surface area (Å²) in [6, 6.07) is 2.65. The molecule has 0 aromatic heterocycles. The van der Waals surface area contributed by atoms with E-state index in [1.54, 1.807) is 6.07 Å². The Morgan fingerprint density at radius 3 is 2.70 bits per heavy atom. The predicted octanol–water partition coefficient (Wildman–Crippen LogP) is -0.818. The zero-order chi connectivity index (χ0) is 14.8.